The van der Waals surface area contributed by atoms with Gasteiger partial charge in [0.25, 0.3) is 5.91 Å². The van der Waals surface area contributed by atoms with Gasteiger partial charge in [0.05, 0.1) is 11.9 Å². The highest BCUT2D eigenvalue weighted by Gasteiger charge is 2.12. The highest BCUT2D eigenvalue weighted by Crippen LogP contribution is 2.17. The highest BCUT2D eigenvalue weighted by atomic mass is 35.5. The molecule has 0 aromatic heterocycles. The first-order valence-electron chi connectivity index (χ1n) is 6.09. The number of carbonyl (C=O) groups excluding carboxylic acids is 1. The smallest absolute Gasteiger partial charge is 0.251 e. The molecule has 120 valence electrons. The van der Waals surface area contributed by atoms with Gasteiger partial charge in [-0.2, -0.15) is 0 Å². The van der Waals surface area contributed by atoms with Crippen LogP contribution in [0.2, 0.25) is 0 Å². The Kier molecular flexibility index (Phi) is 8.23. The number of hydrogen-bond donors (Lipinski definition) is 3. The van der Waals surface area contributed by atoms with Crippen molar-refractivity contribution in [2.24, 2.45) is 0 Å². The van der Waals surface area contributed by atoms with Crippen LogP contribution < -0.4 is 15.4 Å². The number of halogens is 2. The summed E-state index contributed by atoms with van der Waals surface area (Å²) in [6.07, 6.45) is 0.912. The molecule has 3 N–H and O–H groups in total. The Morgan fingerprint density at radius 1 is 1.29 bits per heavy atom. The second-order valence-electron chi connectivity index (χ2n) is 4.18. The molecule has 0 aliphatic heterocycles. The van der Waals surface area contributed by atoms with Gasteiger partial charge in [0.1, 0.15) is 5.82 Å². The number of sulfonamides is 1. The van der Waals surface area contributed by atoms with Crippen LogP contribution in [0.1, 0.15) is 17.3 Å². The first kappa shape index (κ1) is 19.6. The van der Waals surface area contributed by atoms with Gasteiger partial charge in [-0.05, 0) is 24.7 Å². The molecule has 6 nitrogen and oxygen atoms in total. The van der Waals surface area contributed by atoms with Gasteiger partial charge in [-0.3, -0.25) is 9.52 Å². The fourth-order valence-corrected chi connectivity index (χ4v) is 2.04. The fraction of sp³-hybridized carbons (Fsp3) is 0.417. The number of amides is 1. The van der Waals surface area contributed by atoms with E-state index in [0.717, 1.165) is 18.9 Å². The third-order valence-corrected chi connectivity index (χ3v) is 2.95. The molecule has 1 amide bonds. The van der Waals surface area contributed by atoms with Crippen LogP contribution in [0.4, 0.5) is 10.1 Å². The van der Waals surface area contributed by atoms with Crippen molar-refractivity contribution in [3.05, 3.63) is 29.6 Å². The van der Waals surface area contributed by atoms with Gasteiger partial charge < -0.3 is 10.6 Å². The van der Waals surface area contributed by atoms with Crippen molar-refractivity contribution in [2.75, 3.05) is 30.6 Å². The van der Waals surface area contributed by atoms with Crippen LogP contribution in [0.15, 0.2) is 18.2 Å². The summed E-state index contributed by atoms with van der Waals surface area (Å²) < 4.78 is 37.7. The normalized spacial score (nSPS) is 10.6. The van der Waals surface area contributed by atoms with E-state index in [9.17, 15) is 17.6 Å². The molecule has 0 spiro atoms. The Morgan fingerprint density at radius 2 is 1.95 bits per heavy atom. The van der Waals surface area contributed by atoms with Crippen molar-refractivity contribution in [3.8, 4) is 0 Å². The van der Waals surface area contributed by atoms with Crippen molar-refractivity contribution >= 4 is 34.0 Å². The number of carbonyl (C=O) groups is 1. The monoisotopic (exact) mass is 339 g/mol. The van der Waals surface area contributed by atoms with Gasteiger partial charge in [0.15, 0.2) is 0 Å². The Bertz CT molecular complexity index is 581. The predicted molar refractivity (Wildman–Crippen MR) is 83.0 cm³/mol. The van der Waals surface area contributed by atoms with E-state index in [-0.39, 0.29) is 29.6 Å². The molecule has 0 bridgehead atoms. The van der Waals surface area contributed by atoms with Crippen LogP contribution in [0.25, 0.3) is 0 Å². The van der Waals surface area contributed by atoms with Gasteiger partial charge in [0, 0.05) is 18.7 Å². The minimum atomic E-state index is -3.60. The van der Waals surface area contributed by atoms with Crippen LogP contribution in [-0.4, -0.2) is 40.2 Å². The van der Waals surface area contributed by atoms with Gasteiger partial charge in [-0.15, -0.1) is 12.4 Å². The SMILES string of the molecule is CCNCCNC(=O)c1ccc(F)c(NS(C)(=O)=O)c1.Cl. The average molecular weight is 340 g/mol. The molecule has 0 aliphatic rings. The molecule has 0 unspecified atom stereocenters. The minimum absolute atomic E-state index is 0. The maximum Gasteiger partial charge on any atom is 0.251 e. The lowest BCUT2D eigenvalue weighted by molar-refractivity contribution is 0.0954. The van der Waals surface area contributed by atoms with E-state index in [2.05, 4.69) is 10.6 Å². The van der Waals surface area contributed by atoms with Crippen LogP contribution in [-0.2, 0) is 10.0 Å². The Labute approximate surface area is 130 Å². The second-order valence-corrected chi connectivity index (χ2v) is 5.93. The van der Waals surface area contributed by atoms with Gasteiger partial charge >= 0.3 is 0 Å². The Morgan fingerprint density at radius 3 is 2.52 bits per heavy atom. The molecular formula is C12H19ClFN3O3S. The van der Waals surface area contributed by atoms with Crippen molar-refractivity contribution in [1.82, 2.24) is 10.6 Å². The molecule has 1 rings (SSSR count). The summed E-state index contributed by atoms with van der Waals surface area (Å²) in [5.41, 5.74) is -0.0547. The van der Waals surface area contributed by atoms with E-state index in [1.807, 2.05) is 11.6 Å². The maximum absolute atomic E-state index is 13.4. The number of rotatable bonds is 7. The Hall–Kier alpha value is -1.38. The molecule has 0 radical (unpaired) electrons. The lowest BCUT2D eigenvalue weighted by atomic mass is 10.2. The van der Waals surface area contributed by atoms with Crippen molar-refractivity contribution < 1.29 is 17.6 Å². The van der Waals surface area contributed by atoms with Crippen molar-refractivity contribution in [3.63, 3.8) is 0 Å². The molecule has 9 heteroatoms. The van der Waals surface area contributed by atoms with E-state index in [1.165, 1.54) is 12.1 Å². The highest BCUT2D eigenvalue weighted by molar-refractivity contribution is 7.92. The van der Waals surface area contributed by atoms with Crippen LogP contribution in [0.3, 0.4) is 0 Å². The lowest BCUT2D eigenvalue weighted by Crippen LogP contribution is -2.31. The summed E-state index contributed by atoms with van der Waals surface area (Å²) in [6, 6.07) is 3.51. The standard InChI is InChI=1S/C12H18FN3O3S.ClH/c1-3-14-6-7-15-12(17)9-4-5-10(13)11(8-9)16-20(2,18)19;/h4-5,8,14,16H,3,6-7H2,1-2H3,(H,15,17);1H. The zero-order valence-electron chi connectivity index (χ0n) is 11.8. The van der Waals surface area contributed by atoms with Crippen molar-refractivity contribution in [1.29, 1.82) is 0 Å². The third kappa shape index (κ3) is 7.26. The second kappa shape index (κ2) is 8.81. The summed E-state index contributed by atoms with van der Waals surface area (Å²) in [4.78, 5) is 11.8. The van der Waals surface area contributed by atoms with E-state index in [0.29, 0.717) is 13.1 Å². The minimum Gasteiger partial charge on any atom is -0.351 e. The van der Waals surface area contributed by atoms with Gasteiger partial charge in [0.2, 0.25) is 10.0 Å². The van der Waals surface area contributed by atoms with E-state index in [4.69, 9.17) is 0 Å². The lowest BCUT2D eigenvalue weighted by Gasteiger charge is -2.09. The molecule has 0 heterocycles. The number of benzene rings is 1. The molecule has 0 fully saturated rings. The molecule has 0 saturated carbocycles. The summed E-state index contributed by atoms with van der Waals surface area (Å²) in [5, 5.41) is 5.68. The van der Waals surface area contributed by atoms with E-state index >= 15 is 0 Å². The third-order valence-electron chi connectivity index (χ3n) is 2.36. The largest absolute Gasteiger partial charge is 0.351 e. The Balaban J connectivity index is 0.00000400. The molecule has 21 heavy (non-hydrogen) atoms. The van der Waals surface area contributed by atoms with Crippen LogP contribution in [0, 0.1) is 5.82 Å². The first-order chi connectivity index (χ1) is 9.33. The van der Waals surface area contributed by atoms with Crippen molar-refractivity contribution in [2.45, 2.75) is 6.92 Å². The van der Waals surface area contributed by atoms with E-state index < -0.39 is 15.8 Å². The number of nitrogens with one attached hydrogen (secondary N) is 3. The molecule has 1 aromatic carbocycles. The van der Waals surface area contributed by atoms with Crippen LogP contribution in [0.5, 0.6) is 0 Å². The summed E-state index contributed by atoms with van der Waals surface area (Å²) in [6.45, 7) is 3.80. The number of anilines is 1. The molecule has 0 saturated heterocycles. The zero-order valence-corrected chi connectivity index (χ0v) is 13.4. The first-order valence-corrected chi connectivity index (χ1v) is 7.99. The zero-order chi connectivity index (χ0) is 15.2. The summed E-state index contributed by atoms with van der Waals surface area (Å²) >= 11 is 0. The molecule has 0 atom stereocenters. The predicted octanol–water partition coefficient (Wildman–Crippen LogP) is 0.958. The average Bonchev–Trinajstić information content (AvgIpc) is 2.35. The molecule has 0 aliphatic carbocycles. The topological polar surface area (TPSA) is 87.3 Å². The fourth-order valence-electron chi connectivity index (χ4n) is 1.49. The van der Waals surface area contributed by atoms with E-state index in [1.54, 1.807) is 0 Å². The molecule has 1 aromatic rings. The number of likely N-dealkylation sites (N-methyl/N-ethyl adjacent to an activating group) is 1. The van der Waals surface area contributed by atoms with Crippen LogP contribution >= 0.6 is 12.4 Å². The summed E-state index contributed by atoms with van der Waals surface area (Å²) in [7, 11) is -3.60. The quantitative estimate of drug-likeness (QED) is 0.646. The summed E-state index contributed by atoms with van der Waals surface area (Å²) in [5.74, 6) is -1.13. The maximum atomic E-state index is 13.4. The van der Waals surface area contributed by atoms with Gasteiger partial charge in [-0.1, -0.05) is 6.92 Å². The number of hydrogen-bond acceptors (Lipinski definition) is 4. The molecular weight excluding hydrogens is 321 g/mol. The van der Waals surface area contributed by atoms with Gasteiger partial charge in [-0.25, -0.2) is 12.8 Å².